The van der Waals surface area contributed by atoms with Crippen molar-refractivity contribution in [3.63, 3.8) is 0 Å². The van der Waals surface area contributed by atoms with Gasteiger partial charge in [0, 0.05) is 23.4 Å². The van der Waals surface area contributed by atoms with Gasteiger partial charge in [0.1, 0.15) is 5.75 Å². The molecule has 4 rings (SSSR count). The highest BCUT2D eigenvalue weighted by molar-refractivity contribution is 6.08. The largest absolute Gasteiger partial charge is 0.497 e. The van der Waals surface area contributed by atoms with Gasteiger partial charge in [0.05, 0.1) is 23.8 Å². The smallest absolute Gasteiger partial charge is 0.119 e. The van der Waals surface area contributed by atoms with Crippen LogP contribution in [0.15, 0.2) is 36.4 Å². The van der Waals surface area contributed by atoms with Crippen molar-refractivity contribution in [3.05, 3.63) is 42.0 Å². The number of benzene rings is 2. The van der Waals surface area contributed by atoms with Crippen molar-refractivity contribution in [2.75, 3.05) is 32.6 Å². The van der Waals surface area contributed by atoms with Gasteiger partial charge in [-0.3, -0.25) is 0 Å². The number of nitrogens with zero attached hydrogens (tertiary/aromatic N) is 2. The van der Waals surface area contributed by atoms with E-state index in [1.165, 1.54) is 16.6 Å². The maximum absolute atomic E-state index is 5.43. The minimum Gasteiger partial charge on any atom is -0.497 e. The summed E-state index contributed by atoms with van der Waals surface area (Å²) in [5, 5.41) is 6.09. The lowest BCUT2D eigenvalue weighted by Gasteiger charge is -2.19. The molecule has 1 N–H and O–H groups in total. The first-order chi connectivity index (χ1) is 11.6. The monoisotopic (exact) mass is 321 g/mol. The lowest BCUT2D eigenvalue weighted by molar-refractivity contribution is 0.414. The van der Waals surface area contributed by atoms with Gasteiger partial charge in [-0.25, -0.2) is 4.98 Å². The van der Waals surface area contributed by atoms with Gasteiger partial charge in [0.15, 0.2) is 0 Å². The molecular weight excluding hydrogens is 298 g/mol. The van der Waals surface area contributed by atoms with E-state index in [0.29, 0.717) is 6.04 Å². The van der Waals surface area contributed by atoms with Crippen LogP contribution in [0.2, 0.25) is 0 Å². The van der Waals surface area contributed by atoms with Gasteiger partial charge in [-0.2, -0.15) is 0 Å². The number of likely N-dealkylation sites (tertiary alicyclic amines) is 1. The number of methoxy groups -OCH3 is 1. The Kier molecular flexibility index (Phi) is 3.77. The van der Waals surface area contributed by atoms with Crippen molar-refractivity contribution < 1.29 is 4.74 Å². The Bertz CT molecular complexity index is 906. The molecule has 2 aromatic carbocycles. The number of aryl methyl sites for hydroxylation is 1. The number of ether oxygens (including phenoxy) is 1. The average molecular weight is 321 g/mol. The number of anilines is 1. The third-order valence-corrected chi connectivity index (χ3v) is 4.88. The highest BCUT2D eigenvalue weighted by Crippen LogP contribution is 2.34. The van der Waals surface area contributed by atoms with E-state index >= 15 is 0 Å². The molecule has 1 aliphatic heterocycles. The van der Waals surface area contributed by atoms with Crippen LogP contribution in [0.3, 0.4) is 0 Å². The van der Waals surface area contributed by atoms with Gasteiger partial charge in [-0.15, -0.1) is 0 Å². The molecule has 0 amide bonds. The van der Waals surface area contributed by atoms with E-state index in [0.717, 1.165) is 41.7 Å². The van der Waals surface area contributed by atoms with Gasteiger partial charge in [-0.05, 0) is 56.8 Å². The molecule has 1 atom stereocenters. The minimum absolute atomic E-state index is 0.469. The molecule has 2 heterocycles. The summed E-state index contributed by atoms with van der Waals surface area (Å²) in [5.41, 5.74) is 4.45. The second-order valence-corrected chi connectivity index (χ2v) is 6.78. The number of rotatable bonds is 3. The van der Waals surface area contributed by atoms with Crippen LogP contribution in [-0.2, 0) is 0 Å². The molecule has 1 aliphatic rings. The Morgan fingerprint density at radius 3 is 2.75 bits per heavy atom. The number of fused-ring (bicyclic) bond motifs is 2. The zero-order valence-corrected chi connectivity index (χ0v) is 14.5. The highest BCUT2D eigenvalue weighted by Gasteiger charge is 2.21. The minimum atomic E-state index is 0.469. The van der Waals surface area contributed by atoms with E-state index in [-0.39, 0.29) is 0 Å². The normalized spacial score (nSPS) is 18.4. The van der Waals surface area contributed by atoms with E-state index in [1.54, 1.807) is 7.11 Å². The Labute approximate surface area is 142 Å². The van der Waals surface area contributed by atoms with Crippen LogP contribution in [0.25, 0.3) is 21.8 Å². The predicted octanol–water partition coefficient (Wildman–Crippen LogP) is 3.82. The number of hydrogen-bond acceptors (Lipinski definition) is 4. The van der Waals surface area contributed by atoms with Gasteiger partial charge in [0.25, 0.3) is 0 Å². The number of aromatic nitrogens is 1. The molecule has 0 aliphatic carbocycles. The third kappa shape index (κ3) is 2.67. The number of pyridine rings is 1. The summed E-state index contributed by atoms with van der Waals surface area (Å²) in [6.07, 6.45) is 1.16. The number of nitrogens with one attached hydrogen (secondary N) is 1. The number of hydrogen-bond donors (Lipinski definition) is 1. The van der Waals surface area contributed by atoms with Crippen molar-refractivity contribution in [1.29, 1.82) is 0 Å². The fourth-order valence-electron chi connectivity index (χ4n) is 3.57. The Hall–Kier alpha value is -2.33. The van der Waals surface area contributed by atoms with Crippen molar-refractivity contribution in [2.45, 2.75) is 19.4 Å². The molecule has 0 spiro atoms. The molecule has 3 aromatic rings. The Balaban J connectivity index is 1.92. The molecule has 24 heavy (non-hydrogen) atoms. The van der Waals surface area contributed by atoms with Crippen LogP contribution < -0.4 is 10.1 Å². The second-order valence-electron chi connectivity index (χ2n) is 6.78. The summed E-state index contributed by atoms with van der Waals surface area (Å²) in [7, 11) is 3.88. The molecule has 1 unspecified atom stereocenters. The summed E-state index contributed by atoms with van der Waals surface area (Å²) in [4.78, 5) is 7.23. The summed E-state index contributed by atoms with van der Waals surface area (Å²) in [6, 6.07) is 13.1. The molecule has 4 nitrogen and oxygen atoms in total. The molecule has 124 valence electrons. The SMILES string of the molecule is COc1ccc2nc3cc(C)ccc3c(NC3CCN(C)C3)c2c1. The summed E-state index contributed by atoms with van der Waals surface area (Å²) in [6.45, 7) is 4.32. The molecule has 4 heteroatoms. The predicted molar refractivity (Wildman–Crippen MR) is 100 cm³/mol. The van der Waals surface area contributed by atoms with Gasteiger partial charge >= 0.3 is 0 Å². The molecule has 1 aromatic heterocycles. The molecule has 0 saturated carbocycles. The molecule has 1 fully saturated rings. The third-order valence-electron chi connectivity index (χ3n) is 4.88. The topological polar surface area (TPSA) is 37.4 Å². The zero-order chi connectivity index (χ0) is 16.7. The van der Waals surface area contributed by atoms with Crippen LogP contribution in [0.4, 0.5) is 5.69 Å². The van der Waals surface area contributed by atoms with Crippen molar-refractivity contribution in [1.82, 2.24) is 9.88 Å². The first-order valence-corrected chi connectivity index (χ1v) is 8.47. The van der Waals surface area contributed by atoms with Gasteiger partial charge < -0.3 is 15.0 Å². The van der Waals surface area contributed by atoms with Crippen LogP contribution in [0.5, 0.6) is 5.75 Å². The first-order valence-electron chi connectivity index (χ1n) is 8.47. The number of likely N-dealkylation sites (N-methyl/N-ethyl adjacent to an activating group) is 1. The Morgan fingerprint density at radius 2 is 2.00 bits per heavy atom. The fraction of sp³-hybridized carbons (Fsp3) is 0.350. The van der Waals surface area contributed by atoms with E-state index in [9.17, 15) is 0 Å². The standard InChI is InChI=1S/C20H23N3O/c1-13-4-6-16-19(10-13)22-18-7-5-15(24-3)11-17(18)20(16)21-14-8-9-23(2)12-14/h4-7,10-11,14H,8-9,12H2,1-3H3,(H,21,22). The molecule has 0 radical (unpaired) electrons. The van der Waals surface area contributed by atoms with E-state index in [4.69, 9.17) is 9.72 Å². The van der Waals surface area contributed by atoms with Gasteiger partial charge in [-0.1, -0.05) is 12.1 Å². The second kappa shape index (κ2) is 5.95. The molecular formula is C20H23N3O. The van der Waals surface area contributed by atoms with E-state index in [2.05, 4.69) is 48.5 Å². The quantitative estimate of drug-likeness (QED) is 0.744. The maximum Gasteiger partial charge on any atom is 0.119 e. The lowest BCUT2D eigenvalue weighted by atomic mass is 10.0. The zero-order valence-electron chi connectivity index (χ0n) is 14.5. The summed E-state index contributed by atoms with van der Waals surface area (Å²) in [5.74, 6) is 0.863. The van der Waals surface area contributed by atoms with Crippen LogP contribution >= 0.6 is 0 Å². The average Bonchev–Trinajstić information content (AvgIpc) is 2.99. The van der Waals surface area contributed by atoms with E-state index < -0.39 is 0 Å². The van der Waals surface area contributed by atoms with E-state index in [1.807, 2.05) is 12.1 Å². The summed E-state index contributed by atoms with van der Waals surface area (Å²) >= 11 is 0. The van der Waals surface area contributed by atoms with Crippen molar-refractivity contribution in [3.8, 4) is 5.75 Å². The molecule has 0 bridgehead atoms. The maximum atomic E-state index is 5.43. The van der Waals surface area contributed by atoms with Crippen LogP contribution in [0, 0.1) is 6.92 Å². The van der Waals surface area contributed by atoms with Crippen molar-refractivity contribution >= 4 is 27.5 Å². The fourth-order valence-corrected chi connectivity index (χ4v) is 3.57. The lowest BCUT2D eigenvalue weighted by Crippen LogP contribution is -2.23. The molecule has 1 saturated heterocycles. The first kappa shape index (κ1) is 15.2. The van der Waals surface area contributed by atoms with Gasteiger partial charge in [0.2, 0.25) is 0 Å². The van der Waals surface area contributed by atoms with Crippen LogP contribution in [-0.4, -0.2) is 43.2 Å². The Morgan fingerprint density at radius 1 is 1.12 bits per heavy atom. The van der Waals surface area contributed by atoms with Crippen molar-refractivity contribution in [2.24, 2.45) is 0 Å². The summed E-state index contributed by atoms with van der Waals surface area (Å²) < 4.78 is 5.43. The van der Waals surface area contributed by atoms with Crippen LogP contribution in [0.1, 0.15) is 12.0 Å². The highest BCUT2D eigenvalue weighted by atomic mass is 16.5.